The summed E-state index contributed by atoms with van der Waals surface area (Å²) in [6, 6.07) is 0. The number of carbonyl (C=O) groups is 1. The molecule has 0 aliphatic carbocycles. The Morgan fingerprint density at radius 1 is 1.25 bits per heavy atom. The van der Waals surface area contributed by atoms with Crippen LogP contribution in [0, 0.1) is 0 Å². The molecule has 9 heteroatoms. The molecule has 1 fully saturated rings. The Morgan fingerprint density at radius 2 is 2.10 bits per heavy atom. The number of aromatic nitrogens is 6. The van der Waals surface area contributed by atoms with Gasteiger partial charge in [-0.05, 0) is 24.5 Å². The molecule has 0 radical (unpaired) electrons. The number of nitrogens with zero attached hydrogens (tertiary/aromatic N) is 6. The monoisotopic (exact) mass is 274 g/mol. The van der Waals surface area contributed by atoms with Crippen molar-refractivity contribution in [1.82, 2.24) is 30.6 Å². The van der Waals surface area contributed by atoms with E-state index in [0.29, 0.717) is 0 Å². The number of tetrazole rings is 1. The number of nitrogens with one attached hydrogen (secondary N) is 2. The summed E-state index contributed by atoms with van der Waals surface area (Å²) in [4.78, 5) is 22.6. The van der Waals surface area contributed by atoms with Crippen molar-refractivity contribution < 1.29 is 4.79 Å². The smallest absolute Gasteiger partial charge is 0.278 e. The molecule has 2 aromatic heterocycles. The molecule has 2 aromatic rings. The van der Waals surface area contributed by atoms with E-state index in [0.717, 1.165) is 31.7 Å². The van der Waals surface area contributed by atoms with Gasteiger partial charge in [0.1, 0.15) is 11.5 Å². The standard InChI is InChI=1S/C11H14N8O/c20-10(14-11-15-17-18-16-11)8-6-12-7-9(13-8)19-4-2-1-3-5-19/h6-7H,1-5H2,(H2,14,15,16,17,18,20). The van der Waals surface area contributed by atoms with Crippen molar-refractivity contribution in [2.45, 2.75) is 19.3 Å². The van der Waals surface area contributed by atoms with Gasteiger partial charge in [0.25, 0.3) is 11.9 Å². The van der Waals surface area contributed by atoms with Crippen molar-refractivity contribution >= 4 is 17.7 Å². The molecule has 0 saturated carbocycles. The number of piperidine rings is 1. The molecule has 104 valence electrons. The molecule has 0 aromatic carbocycles. The van der Waals surface area contributed by atoms with Crippen LogP contribution in [0.4, 0.5) is 11.8 Å². The molecule has 0 unspecified atom stereocenters. The van der Waals surface area contributed by atoms with Crippen molar-refractivity contribution in [2.24, 2.45) is 0 Å². The number of aromatic amines is 1. The fraction of sp³-hybridized carbons (Fsp3) is 0.455. The van der Waals surface area contributed by atoms with Gasteiger partial charge in [0, 0.05) is 13.1 Å². The van der Waals surface area contributed by atoms with Crippen molar-refractivity contribution in [3.63, 3.8) is 0 Å². The molecular weight excluding hydrogens is 260 g/mol. The van der Waals surface area contributed by atoms with Gasteiger partial charge >= 0.3 is 0 Å². The largest absolute Gasteiger partial charge is 0.355 e. The predicted octanol–water partition coefficient (Wildman–Crippen LogP) is 0.232. The third kappa shape index (κ3) is 2.71. The lowest BCUT2D eigenvalue weighted by atomic mass is 10.1. The summed E-state index contributed by atoms with van der Waals surface area (Å²) in [7, 11) is 0. The third-order valence-corrected chi connectivity index (χ3v) is 3.11. The Hall–Kier alpha value is -2.58. The number of amides is 1. The summed E-state index contributed by atoms with van der Waals surface area (Å²) in [6.45, 7) is 1.90. The Morgan fingerprint density at radius 3 is 2.85 bits per heavy atom. The fourth-order valence-corrected chi connectivity index (χ4v) is 2.12. The molecule has 9 nitrogen and oxygen atoms in total. The van der Waals surface area contributed by atoms with Gasteiger partial charge in [-0.25, -0.2) is 4.98 Å². The van der Waals surface area contributed by atoms with E-state index in [1.54, 1.807) is 6.20 Å². The topological polar surface area (TPSA) is 113 Å². The van der Waals surface area contributed by atoms with Crippen LogP contribution < -0.4 is 10.2 Å². The highest BCUT2D eigenvalue weighted by Gasteiger charge is 2.16. The van der Waals surface area contributed by atoms with Gasteiger partial charge in [-0.3, -0.25) is 15.1 Å². The third-order valence-electron chi connectivity index (χ3n) is 3.11. The van der Waals surface area contributed by atoms with E-state index in [1.807, 2.05) is 0 Å². The summed E-state index contributed by atoms with van der Waals surface area (Å²) in [6.07, 6.45) is 6.61. The average Bonchev–Trinajstić information content (AvgIpc) is 3.01. The van der Waals surface area contributed by atoms with Gasteiger partial charge in [0.05, 0.1) is 12.4 Å². The van der Waals surface area contributed by atoms with E-state index in [2.05, 4.69) is 40.8 Å². The van der Waals surface area contributed by atoms with Crippen LogP contribution >= 0.6 is 0 Å². The minimum absolute atomic E-state index is 0.111. The molecule has 0 bridgehead atoms. The molecule has 0 spiro atoms. The number of anilines is 2. The van der Waals surface area contributed by atoms with Gasteiger partial charge in [-0.1, -0.05) is 5.10 Å². The minimum Gasteiger partial charge on any atom is -0.355 e. The second kappa shape index (κ2) is 5.59. The van der Waals surface area contributed by atoms with Gasteiger partial charge in [-0.15, -0.1) is 5.10 Å². The van der Waals surface area contributed by atoms with Crippen molar-refractivity contribution in [3.8, 4) is 0 Å². The van der Waals surface area contributed by atoms with Gasteiger partial charge in [0.15, 0.2) is 0 Å². The van der Waals surface area contributed by atoms with E-state index < -0.39 is 5.91 Å². The first-order valence-corrected chi connectivity index (χ1v) is 6.45. The molecule has 3 heterocycles. The first-order chi connectivity index (χ1) is 9.83. The fourth-order valence-electron chi connectivity index (χ4n) is 2.12. The Kier molecular flexibility index (Phi) is 3.48. The molecular formula is C11H14N8O. The summed E-state index contributed by atoms with van der Waals surface area (Å²) in [5, 5.41) is 15.4. The molecule has 1 aliphatic rings. The van der Waals surface area contributed by atoms with Crippen LogP contribution in [0.25, 0.3) is 0 Å². The van der Waals surface area contributed by atoms with Crippen molar-refractivity contribution in [1.29, 1.82) is 0 Å². The van der Waals surface area contributed by atoms with Crippen LogP contribution in [-0.4, -0.2) is 49.6 Å². The first kappa shape index (κ1) is 12.5. The van der Waals surface area contributed by atoms with E-state index in [4.69, 9.17) is 0 Å². The maximum Gasteiger partial charge on any atom is 0.278 e. The van der Waals surface area contributed by atoms with Crippen LogP contribution in [0.15, 0.2) is 12.4 Å². The number of hydrogen-bond acceptors (Lipinski definition) is 7. The minimum atomic E-state index is -0.405. The summed E-state index contributed by atoms with van der Waals surface area (Å²) in [5.41, 5.74) is 0.234. The van der Waals surface area contributed by atoms with Crippen LogP contribution in [0.1, 0.15) is 29.8 Å². The predicted molar refractivity (Wildman–Crippen MR) is 70.2 cm³/mol. The lowest BCUT2D eigenvalue weighted by Gasteiger charge is -2.27. The van der Waals surface area contributed by atoms with Crippen LogP contribution in [0.5, 0.6) is 0 Å². The quantitative estimate of drug-likeness (QED) is 0.823. The van der Waals surface area contributed by atoms with Gasteiger partial charge in [-0.2, -0.15) is 5.21 Å². The van der Waals surface area contributed by atoms with E-state index in [-0.39, 0.29) is 11.6 Å². The second-order valence-electron chi connectivity index (χ2n) is 4.50. The normalized spacial score (nSPS) is 15.1. The highest BCUT2D eigenvalue weighted by Crippen LogP contribution is 2.16. The zero-order chi connectivity index (χ0) is 13.8. The highest BCUT2D eigenvalue weighted by molar-refractivity contribution is 6.01. The molecule has 0 atom stereocenters. The first-order valence-electron chi connectivity index (χ1n) is 6.45. The molecule has 1 aliphatic heterocycles. The maximum absolute atomic E-state index is 12.0. The zero-order valence-corrected chi connectivity index (χ0v) is 10.8. The summed E-state index contributed by atoms with van der Waals surface area (Å²) >= 11 is 0. The Labute approximate surface area is 114 Å². The van der Waals surface area contributed by atoms with Crippen LogP contribution in [-0.2, 0) is 0 Å². The number of rotatable bonds is 3. The van der Waals surface area contributed by atoms with Gasteiger partial charge < -0.3 is 4.90 Å². The number of hydrogen-bond donors (Lipinski definition) is 2. The number of carbonyl (C=O) groups excluding carboxylic acids is 1. The van der Waals surface area contributed by atoms with E-state index in [9.17, 15) is 4.79 Å². The summed E-state index contributed by atoms with van der Waals surface area (Å²) in [5.74, 6) is 0.434. The lowest BCUT2D eigenvalue weighted by Crippen LogP contribution is -2.30. The van der Waals surface area contributed by atoms with Gasteiger partial charge in [0.2, 0.25) is 0 Å². The molecule has 3 rings (SSSR count). The molecule has 1 saturated heterocycles. The van der Waals surface area contributed by atoms with Crippen LogP contribution in [0.2, 0.25) is 0 Å². The molecule has 2 N–H and O–H groups in total. The molecule has 1 amide bonds. The SMILES string of the molecule is O=C(Nc1nn[nH]n1)c1cncc(N2CCCCC2)n1. The van der Waals surface area contributed by atoms with E-state index >= 15 is 0 Å². The average molecular weight is 274 g/mol. The maximum atomic E-state index is 12.0. The zero-order valence-electron chi connectivity index (χ0n) is 10.8. The lowest BCUT2D eigenvalue weighted by molar-refractivity contribution is 0.102. The highest BCUT2D eigenvalue weighted by atomic mass is 16.2. The Bertz CT molecular complexity index is 578. The van der Waals surface area contributed by atoms with Crippen molar-refractivity contribution in [2.75, 3.05) is 23.3 Å². The molecule has 20 heavy (non-hydrogen) atoms. The van der Waals surface area contributed by atoms with Crippen molar-refractivity contribution in [3.05, 3.63) is 18.1 Å². The second-order valence-corrected chi connectivity index (χ2v) is 4.50. The van der Waals surface area contributed by atoms with Crippen LogP contribution in [0.3, 0.4) is 0 Å². The summed E-state index contributed by atoms with van der Waals surface area (Å²) < 4.78 is 0. The number of H-pyrrole nitrogens is 1. The Balaban J connectivity index is 1.74. The van der Waals surface area contributed by atoms with E-state index in [1.165, 1.54) is 12.6 Å².